The molecule has 2 amide bonds. The highest BCUT2D eigenvalue weighted by molar-refractivity contribution is 6.29. The lowest BCUT2D eigenvalue weighted by molar-refractivity contribution is -0.137. The number of carbonyl (C=O) groups excluding carboxylic acids is 1. The standard InChI is InChI=1S/C27H26ClF3N6O2/c28-24-15-25(33-16-32-24)39-20-4-6-22-17(13-20)7-8-37(22)26(38)34-18-1-5-23(21(14-18)27(29,30)31)36-11-9-35(10-12-36)19-2-3-19/h1,4-6,13-16,19H,2-3,7-12H2,(H,34,38). The number of carbonyl (C=O) groups is 1. The summed E-state index contributed by atoms with van der Waals surface area (Å²) in [6.45, 7) is 3.00. The maximum absolute atomic E-state index is 14.1. The maximum Gasteiger partial charge on any atom is 0.418 e. The quantitative estimate of drug-likeness (QED) is 0.398. The number of nitrogens with zero attached hydrogens (tertiary/aromatic N) is 5. The van der Waals surface area contributed by atoms with Crippen molar-refractivity contribution in [2.24, 2.45) is 0 Å². The number of fused-ring (bicyclic) bond motifs is 1. The first-order valence-corrected chi connectivity index (χ1v) is 13.2. The lowest BCUT2D eigenvalue weighted by atomic mass is 10.1. The Kier molecular flexibility index (Phi) is 6.72. The first-order valence-electron chi connectivity index (χ1n) is 12.8. The summed E-state index contributed by atoms with van der Waals surface area (Å²) < 4.78 is 47.9. The van der Waals surface area contributed by atoms with E-state index < -0.39 is 17.8 Å². The van der Waals surface area contributed by atoms with Gasteiger partial charge in [-0.1, -0.05) is 11.6 Å². The third-order valence-corrected chi connectivity index (χ3v) is 7.50. The van der Waals surface area contributed by atoms with Gasteiger partial charge in [0.05, 0.1) is 5.56 Å². The van der Waals surface area contributed by atoms with Gasteiger partial charge in [-0.15, -0.1) is 0 Å². The summed E-state index contributed by atoms with van der Waals surface area (Å²) in [5.41, 5.74) is 1.05. The smallest absolute Gasteiger partial charge is 0.418 e. The normalized spacial score (nSPS) is 17.7. The molecule has 6 rings (SSSR count). The molecule has 0 bridgehead atoms. The maximum atomic E-state index is 14.1. The van der Waals surface area contributed by atoms with E-state index in [9.17, 15) is 18.0 Å². The molecule has 1 N–H and O–H groups in total. The number of halogens is 4. The molecule has 39 heavy (non-hydrogen) atoms. The van der Waals surface area contributed by atoms with Crippen LogP contribution in [0.4, 0.5) is 35.0 Å². The monoisotopic (exact) mass is 558 g/mol. The highest BCUT2D eigenvalue weighted by Crippen LogP contribution is 2.40. The number of piperazine rings is 1. The molecule has 1 saturated carbocycles. The third-order valence-electron chi connectivity index (χ3n) is 7.29. The molecule has 2 fully saturated rings. The molecule has 3 heterocycles. The van der Waals surface area contributed by atoms with Gasteiger partial charge in [0, 0.05) is 61.9 Å². The summed E-state index contributed by atoms with van der Waals surface area (Å²) in [6, 6.07) is 10.9. The molecule has 0 radical (unpaired) electrons. The molecule has 1 aromatic heterocycles. The number of nitrogens with one attached hydrogen (secondary N) is 1. The summed E-state index contributed by atoms with van der Waals surface area (Å²) in [5, 5.41) is 2.91. The predicted molar refractivity (Wildman–Crippen MR) is 142 cm³/mol. The van der Waals surface area contributed by atoms with E-state index in [-0.39, 0.29) is 22.4 Å². The third kappa shape index (κ3) is 5.60. The summed E-state index contributed by atoms with van der Waals surface area (Å²) >= 11 is 5.88. The zero-order valence-corrected chi connectivity index (χ0v) is 21.7. The highest BCUT2D eigenvalue weighted by atomic mass is 35.5. The number of hydrogen-bond donors (Lipinski definition) is 1. The molecule has 1 aliphatic carbocycles. The van der Waals surface area contributed by atoms with E-state index in [1.807, 2.05) is 0 Å². The molecule has 8 nitrogen and oxygen atoms in total. The van der Waals surface area contributed by atoms with Crippen LogP contribution in [0.5, 0.6) is 11.6 Å². The fraction of sp³-hybridized carbons (Fsp3) is 0.370. The Morgan fingerprint density at radius 3 is 2.46 bits per heavy atom. The number of aromatic nitrogens is 2. The van der Waals surface area contributed by atoms with E-state index in [1.54, 1.807) is 23.1 Å². The second-order valence-electron chi connectivity index (χ2n) is 9.89. The van der Waals surface area contributed by atoms with Crippen LogP contribution in [0.2, 0.25) is 5.15 Å². The number of rotatable bonds is 5. The van der Waals surface area contributed by atoms with Crippen molar-refractivity contribution in [3.63, 3.8) is 0 Å². The van der Waals surface area contributed by atoms with E-state index in [4.69, 9.17) is 16.3 Å². The van der Waals surface area contributed by atoms with Gasteiger partial charge in [-0.25, -0.2) is 14.8 Å². The Morgan fingerprint density at radius 2 is 1.74 bits per heavy atom. The minimum absolute atomic E-state index is 0.0988. The largest absolute Gasteiger partial charge is 0.439 e. The molecular formula is C27H26ClF3N6O2. The van der Waals surface area contributed by atoms with Gasteiger partial charge in [0.25, 0.3) is 0 Å². The van der Waals surface area contributed by atoms with Gasteiger partial charge in [-0.3, -0.25) is 9.80 Å². The van der Waals surface area contributed by atoms with E-state index in [1.165, 1.54) is 42.3 Å². The van der Waals surface area contributed by atoms with Crippen LogP contribution in [-0.2, 0) is 12.6 Å². The van der Waals surface area contributed by atoms with Gasteiger partial charge in [-0.2, -0.15) is 13.2 Å². The van der Waals surface area contributed by atoms with Crippen LogP contribution in [0.1, 0.15) is 24.0 Å². The fourth-order valence-electron chi connectivity index (χ4n) is 5.22. The second kappa shape index (κ2) is 10.2. The van der Waals surface area contributed by atoms with Crippen LogP contribution >= 0.6 is 11.6 Å². The van der Waals surface area contributed by atoms with Gasteiger partial charge in [0.1, 0.15) is 17.2 Å². The van der Waals surface area contributed by atoms with Crippen LogP contribution in [-0.4, -0.2) is 59.7 Å². The second-order valence-corrected chi connectivity index (χ2v) is 10.3. The number of benzene rings is 2. The van der Waals surface area contributed by atoms with Gasteiger partial charge < -0.3 is 15.0 Å². The average molecular weight is 559 g/mol. The van der Waals surface area contributed by atoms with Crippen molar-refractivity contribution >= 4 is 34.7 Å². The Labute approximate surface area is 228 Å². The summed E-state index contributed by atoms with van der Waals surface area (Å²) in [4.78, 5) is 26.6. The Morgan fingerprint density at radius 1 is 0.974 bits per heavy atom. The van der Waals surface area contributed by atoms with Gasteiger partial charge in [0.15, 0.2) is 0 Å². The summed E-state index contributed by atoms with van der Waals surface area (Å²) in [7, 11) is 0. The lowest BCUT2D eigenvalue weighted by Crippen LogP contribution is -2.47. The number of amides is 2. The first kappa shape index (κ1) is 25.7. The number of anilines is 3. The van der Waals surface area contributed by atoms with Crippen LogP contribution in [0, 0.1) is 0 Å². The fourth-order valence-corrected chi connectivity index (χ4v) is 5.36. The Bertz CT molecular complexity index is 1390. The predicted octanol–water partition coefficient (Wildman–Crippen LogP) is 5.82. The molecule has 3 aromatic rings. The van der Waals surface area contributed by atoms with Crippen LogP contribution in [0.15, 0.2) is 48.8 Å². The van der Waals surface area contributed by atoms with Crippen molar-refractivity contribution in [3.8, 4) is 11.6 Å². The van der Waals surface area contributed by atoms with Crippen molar-refractivity contribution in [1.29, 1.82) is 0 Å². The van der Waals surface area contributed by atoms with Gasteiger partial charge >= 0.3 is 12.2 Å². The number of alkyl halides is 3. The van der Waals surface area contributed by atoms with Crippen molar-refractivity contribution in [2.45, 2.75) is 31.5 Å². The molecule has 0 spiro atoms. The van der Waals surface area contributed by atoms with Crippen molar-refractivity contribution < 1.29 is 22.7 Å². The highest BCUT2D eigenvalue weighted by Gasteiger charge is 2.37. The van der Waals surface area contributed by atoms with Crippen molar-refractivity contribution in [3.05, 3.63) is 65.1 Å². The molecule has 0 unspecified atom stereocenters. The molecule has 204 valence electrons. The summed E-state index contributed by atoms with van der Waals surface area (Å²) in [6.07, 6.45) is -0.324. The first-order chi connectivity index (χ1) is 18.7. The minimum Gasteiger partial charge on any atom is -0.439 e. The SMILES string of the molecule is O=C(Nc1ccc(N2CCN(C3CC3)CC2)c(C(F)(F)F)c1)N1CCc2cc(Oc3cc(Cl)ncn3)ccc21. The Balaban J connectivity index is 1.15. The molecule has 12 heteroatoms. The number of urea groups is 1. The average Bonchev–Trinajstić information content (AvgIpc) is 3.67. The molecule has 2 aliphatic heterocycles. The van der Waals surface area contributed by atoms with E-state index >= 15 is 0 Å². The van der Waals surface area contributed by atoms with Crippen molar-refractivity contribution in [1.82, 2.24) is 14.9 Å². The molecule has 1 saturated heterocycles. The van der Waals surface area contributed by atoms with Crippen LogP contribution in [0.25, 0.3) is 0 Å². The van der Waals surface area contributed by atoms with Crippen LogP contribution < -0.4 is 19.9 Å². The minimum atomic E-state index is -4.55. The van der Waals surface area contributed by atoms with Crippen LogP contribution in [0.3, 0.4) is 0 Å². The number of ether oxygens (including phenoxy) is 1. The topological polar surface area (TPSA) is 73.8 Å². The molecule has 2 aromatic carbocycles. The summed E-state index contributed by atoms with van der Waals surface area (Å²) in [5.74, 6) is 0.811. The molecule has 0 atom stereocenters. The molecular weight excluding hydrogens is 533 g/mol. The van der Waals surface area contributed by atoms with Gasteiger partial charge in [-0.05, 0) is 61.2 Å². The molecule has 3 aliphatic rings. The zero-order valence-electron chi connectivity index (χ0n) is 20.9. The zero-order chi connectivity index (χ0) is 27.1. The lowest BCUT2D eigenvalue weighted by Gasteiger charge is -2.37. The Hall–Kier alpha value is -3.57. The van der Waals surface area contributed by atoms with E-state index in [2.05, 4.69) is 20.2 Å². The number of hydrogen-bond acceptors (Lipinski definition) is 6. The van der Waals surface area contributed by atoms with Gasteiger partial charge in [0.2, 0.25) is 5.88 Å². The van der Waals surface area contributed by atoms with Crippen molar-refractivity contribution in [2.75, 3.05) is 47.8 Å². The van der Waals surface area contributed by atoms with E-state index in [0.29, 0.717) is 43.5 Å². The van der Waals surface area contributed by atoms with E-state index in [0.717, 1.165) is 24.7 Å².